The minimum absolute atomic E-state index is 0.0319. The summed E-state index contributed by atoms with van der Waals surface area (Å²) in [6.07, 6.45) is 3.32. The predicted octanol–water partition coefficient (Wildman–Crippen LogP) is 4.97. The van der Waals surface area contributed by atoms with Crippen LogP contribution in [-0.2, 0) is 58.8 Å². The molecule has 0 spiro atoms. The van der Waals surface area contributed by atoms with Crippen LogP contribution in [0.15, 0.2) is 12.1 Å². The second-order valence-corrected chi connectivity index (χ2v) is 13.9. The molecule has 12 heteroatoms. The van der Waals surface area contributed by atoms with Crippen molar-refractivity contribution in [3.8, 4) is 5.75 Å². The third kappa shape index (κ3) is 7.18. The van der Waals surface area contributed by atoms with Gasteiger partial charge in [-0.15, -0.1) is 0 Å². The van der Waals surface area contributed by atoms with Gasteiger partial charge in [0.2, 0.25) is 0 Å². The molecule has 0 saturated heterocycles. The summed E-state index contributed by atoms with van der Waals surface area (Å²) in [6.45, 7) is 11.9. The largest absolute Gasteiger partial charge is 0.468 e. The van der Waals surface area contributed by atoms with Crippen molar-refractivity contribution in [2.24, 2.45) is 46.3 Å². The fourth-order valence-electron chi connectivity index (χ4n) is 9.70. The van der Waals surface area contributed by atoms with Crippen LogP contribution in [-0.4, -0.2) is 87.2 Å². The smallest absolute Gasteiger partial charge is 0.373 e. The average molecular weight is 693 g/mol. The molecule has 12 nitrogen and oxygen atoms in total. The van der Waals surface area contributed by atoms with Crippen LogP contribution in [0, 0.1) is 46.3 Å². The van der Waals surface area contributed by atoms with E-state index in [0.717, 1.165) is 35.8 Å². The molecule has 49 heavy (non-hydrogen) atoms. The first-order valence-corrected chi connectivity index (χ1v) is 17.0. The van der Waals surface area contributed by atoms with E-state index >= 15 is 0 Å². The van der Waals surface area contributed by atoms with Gasteiger partial charge in [0, 0.05) is 26.7 Å². The molecule has 0 aromatic heterocycles. The molecule has 0 aliphatic heterocycles. The van der Waals surface area contributed by atoms with E-state index in [9.17, 15) is 9.59 Å². The second kappa shape index (κ2) is 17.9. The van der Waals surface area contributed by atoms with E-state index in [-0.39, 0.29) is 56.6 Å². The van der Waals surface area contributed by atoms with Crippen LogP contribution in [0.3, 0.4) is 0 Å². The lowest BCUT2D eigenvalue weighted by atomic mass is 9.51. The topological polar surface area (TPSA) is 142 Å². The quantitative estimate of drug-likeness (QED) is 0.112. The fourth-order valence-corrected chi connectivity index (χ4v) is 9.70. The van der Waals surface area contributed by atoms with Gasteiger partial charge < -0.3 is 37.9 Å². The third-order valence-electron chi connectivity index (χ3n) is 12.2. The monoisotopic (exact) mass is 692 g/mol. The van der Waals surface area contributed by atoms with Gasteiger partial charge in [0.25, 0.3) is 0 Å². The number of hydrogen-bond acceptors (Lipinski definition) is 12. The van der Waals surface area contributed by atoms with E-state index < -0.39 is 22.8 Å². The molecule has 3 fully saturated rings. The molecule has 0 radical (unpaired) electrons. The Kier molecular flexibility index (Phi) is 14.8. The van der Waals surface area contributed by atoms with Crippen molar-refractivity contribution < 1.29 is 57.1 Å². The second-order valence-electron chi connectivity index (χ2n) is 13.9. The number of benzene rings is 1. The summed E-state index contributed by atoms with van der Waals surface area (Å²) in [5, 5.41) is 0. The van der Waals surface area contributed by atoms with Crippen LogP contribution < -0.4 is 4.74 Å². The minimum atomic E-state index is -1.49. The highest BCUT2D eigenvalue weighted by atomic mass is 16.7. The average Bonchev–Trinajstić information content (AvgIpc) is 3.80. The lowest BCUT2D eigenvalue weighted by Gasteiger charge is -2.52. The van der Waals surface area contributed by atoms with E-state index in [4.69, 9.17) is 47.5 Å². The van der Waals surface area contributed by atoms with Gasteiger partial charge in [-0.1, -0.05) is 40.7 Å². The number of ether oxygens (including phenoxy) is 8. The molecular formula is C37H56O12. The molecular weight excluding hydrogens is 636 g/mol. The van der Waals surface area contributed by atoms with Crippen LogP contribution in [0.2, 0.25) is 0 Å². The predicted molar refractivity (Wildman–Crippen MR) is 176 cm³/mol. The zero-order valence-corrected chi connectivity index (χ0v) is 30.8. The van der Waals surface area contributed by atoms with Crippen LogP contribution in [0.1, 0.15) is 76.0 Å². The Morgan fingerprint density at radius 3 is 1.63 bits per heavy atom. The maximum absolute atomic E-state index is 13.2. The van der Waals surface area contributed by atoms with Crippen molar-refractivity contribution >= 4 is 18.1 Å². The van der Waals surface area contributed by atoms with Gasteiger partial charge in [0.05, 0.1) is 27.4 Å². The Labute approximate surface area is 290 Å². The summed E-state index contributed by atoms with van der Waals surface area (Å²) in [6, 6.07) is 4.69. The molecule has 0 N–H and O–H groups in total. The maximum atomic E-state index is 13.2. The van der Waals surface area contributed by atoms with E-state index in [1.165, 1.54) is 40.4 Å². The summed E-state index contributed by atoms with van der Waals surface area (Å²) in [7, 11) is 7.30. The van der Waals surface area contributed by atoms with Gasteiger partial charge in [0.15, 0.2) is 12.2 Å². The van der Waals surface area contributed by atoms with Gasteiger partial charge in [-0.05, 0) is 89.4 Å². The number of carbonyl (C=O) groups is 2. The van der Waals surface area contributed by atoms with E-state index in [1.54, 1.807) is 18.2 Å². The number of methoxy groups -OCH3 is 5. The van der Waals surface area contributed by atoms with Gasteiger partial charge in [-0.2, -0.15) is 9.59 Å². The number of aryl methyl sites for hydroxylation is 1. The van der Waals surface area contributed by atoms with Crippen molar-refractivity contribution in [3.63, 3.8) is 0 Å². The Hall–Kier alpha value is -2.86. The highest BCUT2D eigenvalue weighted by Gasteiger charge is 2.79. The first-order chi connectivity index (χ1) is 23.5. The van der Waals surface area contributed by atoms with E-state index in [2.05, 4.69) is 46.8 Å². The van der Waals surface area contributed by atoms with Crippen LogP contribution in [0.25, 0.3) is 0 Å². The lowest BCUT2D eigenvalue weighted by molar-refractivity contribution is -0.217. The van der Waals surface area contributed by atoms with Crippen molar-refractivity contribution in [1.82, 2.24) is 0 Å². The molecule has 4 aliphatic carbocycles. The Morgan fingerprint density at radius 2 is 1.18 bits per heavy atom. The Balaban J connectivity index is 0.000000257. The molecule has 0 amide bonds. The summed E-state index contributed by atoms with van der Waals surface area (Å²) < 4.78 is 42.6. The summed E-state index contributed by atoms with van der Waals surface area (Å²) >= 11 is 0. The highest BCUT2D eigenvalue weighted by molar-refractivity contribution is 6.02. The van der Waals surface area contributed by atoms with Crippen LogP contribution >= 0.6 is 0 Å². The summed E-state index contributed by atoms with van der Waals surface area (Å²) in [5.74, 6) is 3.25. The van der Waals surface area contributed by atoms with Gasteiger partial charge in [0.1, 0.15) is 19.3 Å². The number of carbonyl (C=O) groups excluding carboxylic acids is 4. The van der Waals surface area contributed by atoms with Crippen molar-refractivity contribution in [1.29, 1.82) is 0 Å². The standard InChI is InChI=1S/C19H32O8.C17H24O2.CO2/c1-12-13(2)15-7-14(12)18(8-26-10-22-3,9-27-11-23-4)19(15,16(20)24-5)17(21)25-6;1-5-12-6-15-13-7-14(11(3)10(13)2)16(15)8-17(12)19-9-18-4;2-1-3/h12-15H,7-11H2,1-6H3;6,8,10-11,13-14H,5,7,9H2,1-4H3;. The normalized spacial score (nSPS) is 29.1. The fraction of sp³-hybridized carbons (Fsp3) is 0.757. The molecule has 276 valence electrons. The van der Waals surface area contributed by atoms with Gasteiger partial charge in [-0.3, -0.25) is 9.59 Å². The Morgan fingerprint density at radius 1 is 0.714 bits per heavy atom. The molecule has 1 aromatic carbocycles. The van der Waals surface area contributed by atoms with E-state index in [1.807, 2.05) is 0 Å². The van der Waals surface area contributed by atoms with Crippen molar-refractivity contribution in [2.45, 2.75) is 65.7 Å². The van der Waals surface area contributed by atoms with Crippen molar-refractivity contribution in [2.75, 3.05) is 69.1 Å². The van der Waals surface area contributed by atoms with Crippen LogP contribution in [0.5, 0.6) is 5.75 Å². The first-order valence-electron chi connectivity index (χ1n) is 17.0. The number of hydrogen-bond donors (Lipinski definition) is 0. The molecule has 4 bridgehead atoms. The third-order valence-corrected chi connectivity index (χ3v) is 12.2. The van der Waals surface area contributed by atoms with E-state index in [0.29, 0.717) is 13.2 Å². The SMILES string of the molecule is CCc1cc2c(cc1OCOC)C1CC2C(C)C1C.COCOCC1(COCOC)C2CC(C(C)C2C)C1(C(=O)OC)C(=O)OC.O=C=O. The number of fused-ring (bicyclic) bond motifs is 7. The van der Waals surface area contributed by atoms with Crippen molar-refractivity contribution in [3.05, 3.63) is 28.8 Å². The highest BCUT2D eigenvalue weighted by Crippen LogP contribution is 2.71. The van der Waals surface area contributed by atoms with Crippen LogP contribution in [0.4, 0.5) is 0 Å². The Bertz CT molecular complexity index is 1260. The molecule has 5 rings (SSSR count). The molecule has 8 unspecified atom stereocenters. The maximum Gasteiger partial charge on any atom is 0.373 e. The molecule has 8 atom stereocenters. The molecule has 3 saturated carbocycles. The zero-order chi connectivity index (χ0) is 36.5. The number of rotatable bonds is 14. The zero-order valence-electron chi connectivity index (χ0n) is 30.8. The summed E-state index contributed by atoms with van der Waals surface area (Å²) in [4.78, 5) is 42.6. The molecule has 4 aliphatic rings. The molecule has 1 aromatic rings. The summed E-state index contributed by atoms with van der Waals surface area (Å²) in [5.41, 5.74) is 2.04. The van der Waals surface area contributed by atoms with Gasteiger partial charge in [-0.25, -0.2) is 0 Å². The number of esters is 2. The molecule has 0 heterocycles. The lowest BCUT2D eigenvalue weighted by Crippen LogP contribution is -2.64. The first kappa shape index (κ1) is 40.6. The minimum Gasteiger partial charge on any atom is -0.468 e. The van der Waals surface area contributed by atoms with Gasteiger partial charge >= 0.3 is 18.1 Å².